The van der Waals surface area contributed by atoms with Crippen LogP contribution >= 0.6 is 0 Å². The van der Waals surface area contributed by atoms with E-state index >= 15 is 0 Å². The lowest BCUT2D eigenvalue weighted by molar-refractivity contribution is -0.168. The molecule has 0 heterocycles. The van der Waals surface area contributed by atoms with Crippen LogP contribution in [0.2, 0.25) is 0 Å². The van der Waals surface area contributed by atoms with Crippen LogP contribution in [0.4, 0.5) is 0 Å². The summed E-state index contributed by atoms with van der Waals surface area (Å²) in [6, 6.07) is 0. The molecule has 0 amide bonds. The van der Waals surface area contributed by atoms with Gasteiger partial charge in [0.1, 0.15) is 0 Å². The van der Waals surface area contributed by atoms with Crippen LogP contribution in [0.15, 0.2) is 0 Å². The third kappa shape index (κ3) is 2.05. The SMILES string of the molecule is COC(=O)C(C)(CC1CC1)C(=O)OC. The first-order valence-electron chi connectivity index (χ1n) is 4.71. The van der Waals surface area contributed by atoms with Gasteiger partial charge >= 0.3 is 11.9 Å². The van der Waals surface area contributed by atoms with E-state index in [1.807, 2.05) is 0 Å². The van der Waals surface area contributed by atoms with Gasteiger partial charge in [0, 0.05) is 0 Å². The molecular formula is C10H16O4. The lowest BCUT2D eigenvalue weighted by Gasteiger charge is -2.23. The molecule has 0 atom stereocenters. The molecule has 4 nitrogen and oxygen atoms in total. The molecule has 1 saturated carbocycles. The summed E-state index contributed by atoms with van der Waals surface area (Å²) in [4.78, 5) is 22.9. The van der Waals surface area contributed by atoms with E-state index in [-0.39, 0.29) is 0 Å². The molecule has 0 aromatic heterocycles. The summed E-state index contributed by atoms with van der Waals surface area (Å²) in [5.74, 6) is -0.536. The highest BCUT2D eigenvalue weighted by molar-refractivity contribution is 5.99. The van der Waals surface area contributed by atoms with Crippen LogP contribution in [0.3, 0.4) is 0 Å². The zero-order valence-electron chi connectivity index (χ0n) is 8.83. The van der Waals surface area contributed by atoms with Crippen molar-refractivity contribution in [1.82, 2.24) is 0 Å². The predicted octanol–water partition coefficient (Wildman–Crippen LogP) is 1.14. The Hall–Kier alpha value is -1.06. The number of ether oxygens (including phenoxy) is 2. The van der Waals surface area contributed by atoms with Crippen LogP contribution < -0.4 is 0 Å². The summed E-state index contributed by atoms with van der Waals surface area (Å²) in [6.45, 7) is 1.59. The number of hydrogen-bond acceptors (Lipinski definition) is 4. The highest BCUT2D eigenvalue weighted by Gasteiger charge is 2.47. The molecule has 0 bridgehead atoms. The van der Waals surface area contributed by atoms with Gasteiger partial charge in [-0.1, -0.05) is 12.8 Å². The highest BCUT2D eigenvalue weighted by atomic mass is 16.5. The molecule has 0 radical (unpaired) electrons. The second-order valence-electron chi connectivity index (χ2n) is 3.96. The van der Waals surface area contributed by atoms with Crippen molar-refractivity contribution in [3.63, 3.8) is 0 Å². The number of carbonyl (C=O) groups is 2. The molecule has 0 aromatic rings. The van der Waals surface area contributed by atoms with Crippen LogP contribution in [0.25, 0.3) is 0 Å². The van der Waals surface area contributed by atoms with Gasteiger partial charge in [-0.25, -0.2) is 0 Å². The van der Waals surface area contributed by atoms with E-state index < -0.39 is 17.4 Å². The van der Waals surface area contributed by atoms with Crippen LogP contribution in [-0.4, -0.2) is 26.2 Å². The molecule has 0 aromatic carbocycles. The van der Waals surface area contributed by atoms with Crippen molar-refractivity contribution < 1.29 is 19.1 Å². The van der Waals surface area contributed by atoms with Crippen molar-refractivity contribution in [2.75, 3.05) is 14.2 Å². The van der Waals surface area contributed by atoms with Gasteiger partial charge in [0.25, 0.3) is 0 Å². The van der Waals surface area contributed by atoms with Crippen molar-refractivity contribution in [2.24, 2.45) is 11.3 Å². The van der Waals surface area contributed by atoms with Gasteiger partial charge in [0.05, 0.1) is 14.2 Å². The fourth-order valence-electron chi connectivity index (χ4n) is 1.60. The first kappa shape index (κ1) is 11.0. The average Bonchev–Trinajstić information content (AvgIpc) is 2.98. The van der Waals surface area contributed by atoms with E-state index in [0.717, 1.165) is 12.8 Å². The number of carbonyl (C=O) groups excluding carboxylic acids is 2. The number of hydrogen-bond donors (Lipinski definition) is 0. The highest BCUT2D eigenvalue weighted by Crippen LogP contribution is 2.41. The molecule has 1 aliphatic rings. The van der Waals surface area contributed by atoms with Crippen LogP contribution in [-0.2, 0) is 19.1 Å². The molecule has 0 saturated heterocycles. The van der Waals surface area contributed by atoms with E-state index in [0.29, 0.717) is 12.3 Å². The smallest absolute Gasteiger partial charge is 0.322 e. The van der Waals surface area contributed by atoms with Crippen LogP contribution in [0, 0.1) is 11.3 Å². The normalized spacial score (nSPS) is 16.2. The van der Waals surface area contributed by atoms with E-state index in [9.17, 15) is 9.59 Å². The van der Waals surface area contributed by atoms with Gasteiger partial charge in [-0.3, -0.25) is 9.59 Å². The number of esters is 2. The van der Waals surface area contributed by atoms with Gasteiger partial charge < -0.3 is 9.47 Å². The van der Waals surface area contributed by atoms with Gasteiger partial charge in [-0.2, -0.15) is 0 Å². The molecule has 0 unspecified atom stereocenters. The zero-order valence-corrected chi connectivity index (χ0v) is 8.83. The maximum absolute atomic E-state index is 11.5. The summed E-state index contributed by atoms with van der Waals surface area (Å²) in [7, 11) is 2.58. The topological polar surface area (TPSA) is 52.6 Å². The third-order valence-corrected chi connectivity index (χ3v) is 2.67. The summed E-state index contributed by atoms with van der Waals surface area (Å²) in [5.41, 5.74) is -1.12. The quantitative estimate of drug-likeness (QED) is 0.504. The minimum absolute atomic E-state index is 0.471. The van der Waals surface area contributed by atoms with Gasteiger partial charge in [-0.15, -0.1) is 0 Å². The first-order chi connectivity index (χ1) is 6.54. The molecule has 1 aliphatic carbocycles. The largest absolute Gasteiger partial charge is 0.468 e. The molecule has 1 fully saturated rings. The Bertz CT molecular complexity index is 227. The Balaban J connectivity index is 2.75. The molecule has 0 aliphatic heterocycles. The molecule has 0 spiro atoms. The van der Waals surface area contributed by atoms with Crippen LogP contribution in [0.5, 0.6) is 0 Å². The second kappa shape index (κ2) is 3.98. The molecule has 14 heavy (non-hydrogen) atoms. The lowest BCUT2D eigenvalue weighted by atomic mass is 9.84. The minimum atomic E-state index is -1.12. The van der Waals surface area contributed by atoms with Crippen molar-refractivity contribution in [2.45, 2.75) is 26.2 Å². The van der Waals surface area contributed by atoms with Crippen molar-refractivity contribution in [3.8, 4) is 0 Å². The van der Waals surface area contributed by atoms with Crippen LogP contribution in [0.1, 0.15) is 26.2 Å². The number of methoxy groups -OCH3 is 2. The minimum Gasteiger partial charge on any atom is -0.468 e. The zero-order chi connectivity index (χ0) is 10.8. The summed E-state index contributed by atoms with van der Waals surface area (Å²) in [6.07, 6.45) is 2.71. The molecule has 0 N–H and O–H groups in total. The molecular weight excluding hydrogens is 184 g/mol. The summed E-state index contributed by atoms with van der Waals surface area (Å²) >= 11 is 0. The van der Waals surface area contributed by atoms with Gasteiger partial charge in [0.15, 0.2) is 5.41 Å². The monoisotopic (exact) mass is 200 g/mol. The summed E-state index contributed by atoms with van der Waals surface area (Å²) in [5, 5.41) is 0. The Morgan fingerprint density at radius 2 is 1.64 bits per heavy atom. The first-order valence-corrected chi connectivity index (χ1v) is 4.71. The van der Waals surface area contributed by atoms with Crippen molar-refractivity contribution in [1.29, 1.82) is 0 Å². The van der Waals surface area contributed by atoms with Gasteiger partial charge in [-0.05, 0) is 19.3 Å². The number of rotatable bonds is 4. The molecule has 1 rings (SSSR count). The van der Waals surface area contributed by atoms with Gasteiger partial charge in [0.2, 0.25) is 0 Å². The third-order valence-electron chi connectivity index (χ3n) is 2.67. The Morgan fingerprint density at radius 1 is 1.21 bits per heavy atom. The van der Waals surface area contributed by atoms with E-state index in [1.165, 1.54) is 14.2 Å². The Morgan fingerprint density at radius 3 is 1.93 bits per heavy atom. The van der Waals surface area contributed by atoms with E-state index in [1.54, 1.807) is 6.92 Å². The fourth-order valence-corrected chi connectivity index (χ4v) is 1.60. The maximum Gasteiger partial charge on any atom is 0.322 e. The Labute approximate surface area is 83.6 Å². The Kier molecular flexibility index (Phi) is 3.13. The standard InChI is InChI=1S/C10H16O4/c1-10(8(11)13-2,9(12)14-3)6-7-4-5-7/h7H,4-6H2,1-3H3. The van der Waals surface area contributed by atoms with Crippen molar-refractivity contribution >= 4 is 11.9 Å². The summed E-state index contributed by atoms with van der Waals surface area (Å²) < 4.78 is 9.25. The average molecular weight is 200 g/mol. The molecule has 80 valence electrons. The lowest BCUT2D eigenvalue weighted by Crippen LogP contribution is -2.38. The van der Waals surface area contributed by atoms with Crippen molar-refractivity contribution in [3.05, 3.63) is 0 Å². The maximum atomic E-state index is 11.5. The predicted molar refractivity (Wildman–Crippen MR) is 49.5 cm³/mol. The van der Waals surface area contributed by atoms with E-state index in [2.05, 4.69) is 9.47 Å². The molecule has 4 heteroatoms. The van der Waals surface area contributed by atoms with E-state index in [4.69, 9.17) is 0 Å². The fraction of sp³-hybridized carbons (Fsp3) is 0.800. The second-order valence-corrected chi connectivity index (χ2v) is 3.96.